The lowest BCUT2D eigenvalue weighted by Gasteiger charge is -2.25. The largest absolute Gasteiger partial charge is 0.248 e. The molecule has 0 saturated carbocycles. The molecule has 2 aromatic rings. The third kappa shape index (κ3) is 3.91. The number of aromatic nitrogens is 1. The van der Waals surface area contributed by atoms with Crippen LogP contribution < -0.4 is 0 Å². The zero-order valence-corrected chi connectivity index (χ0v) is 15.2. The molecule has 1 aromatic heterocycles. The highest BCUT2D eigenvalue weighted by atomic mass is 35.5. The summed E-state index contributed by atoms with van der Waals surface area (Å²) in [5, 5.41) is 0.666. The van der Waals surface area contributed by atoms with Gasteiger partial charge in [0.15, 0.2) is 0 Å². The molecule has 0 atom stereocenters. The molecule has 0 spiro atoms. The zero-order chi connectivity index (χ0) is 17.2. The highest BCUT2D eigenvalue weighted by Crippen LogP contribution is 2.30. The lowest BCUT2D eigenvalue weighted by atomic mass is 10.2. The summed E-state index contributed by atoms with van der Waals surface area (Å²) in [6.45, 7) is 1.12. The Balaban J connectivity index is 1.76. The Kier molecular flexibility index (Phi) is 5.44. The number of benzene rings is 1. The number of rotatable bonds is 4. The fourth-order valence-electron chi connectivity index (χ4n) is 2.50. The average molecular weight is 387 g/mol. The second-order valence-corrected chi connectivity index (χ2v) is 8.91. The third-order valence-corrected chi connectivity index (χ3v) is 6.89. The molecular weight excluding hydrogens is 371 g/mol. The third-order valence-electron chi connectivity index (χ3n) is 3.78. The Morgan fingerprint density at radius 2 is 1.88 bits per heavy atom. The number of hydrogen-bond donors (Lipinski definition) is 0. The summed E-state index contributed by atoms with van der Waals surface area (Å²) in [5.74, 6) is -0.475. The molecule has 24 heavy (non-hydrogen) atoms. The van der Waals surface area contributed by atoms with Gasteiger partial charge in [0.2, 0.25) is 10.0 Å². The van der Waals surface area contributed by atoms with E-state index in [0.29, 0.717) is 18.1 Å². The van der Waals surface area contributed by atoms with Crippen molar-refractivity contribution < 1.29 is 12.8 Å². The number of hydrogen-bond acceptors (Lipinski definition) is 4. The molecule has 128 valence electrons. The van der Waals surface area contributed by atoms with Crippen LogP contribution in [0.5, 0.6) is 0 Å². The van der Waals surface area contributed by atoms with Crippen LogP contribution in [-0.2, 0) is 10.0 Å². The molecule has 8 heteroatoms. The maximum Gasteiger partial charge on any atom is 0.244 e. The molecule has 1 aliphatic heterocycles. The van der Waals surface area contributed by atoms with Crippen LogP contribution in [0.4, 0.5) is 4.39 Å². The van der Waals surface area contributed by atoms with E-state index in [1.807, 2.05) is 0 Å². The van der Waals surface area contributed by atoms with Gasteiger partial charge in [-0.05, 0) is 43.2 Å². The molecule has 0 aliphatic carbocycles. The topological polar surface area (TPSA) is 50.3 Å². The van der Waals surface area contributed by atoms with Gasteiger partial charge in [-0.25, -0.2) is 17.8 Å². The smallest absolute Gasteiger partial charge is 0.244 e. The number of halogens is 2. The predicted octanol–water partition coefficient (Wildman–Crippen LogP) is 4.20. The first-order chi connectivity index (χ1) is 11.5. The van der Waals surface area contributed by atoms with Crippen LogP contribution in [0.3, 0.4) is 0 Å². The minimum Gasteiger partial charge on any atom is -0.248 e. The van der Waals surface area contributed by atoms with Gasteiger partial charge in [0, 0.05) is 24.2 Å². The number of nitrogens with zero attached hydrogens (tertiary/aromatic N) is 2. The van der Waals surface area contributed by atoms with Crippen molar-refractivity contribution >= 4 is 33.4 Å². The fourth-order valence-corrected chi connectivity index (χ4v) is 5.00. The summed E-state index contributed by atoms with van der Waals surface area (Å²) in [5.41, 5.74) is 0. The van der Waals surface area contributed by atoms with Gasteiger partial charge >= 0.3 is 0 Å². The molecule has 0 radical (unpaired) electrons. The molecule has 1 aromatic carbocycles. The monoisotopic (exact) mass is 386 g/mol. The second kappa shape index (κ2) is 7.39. The van der Waals surface area contributed by atoms with E-state index in [9.17, 15) is 12.8 Å². The minimum atomic E-state index is -3.47. The Morgan fingerprint density at radius 3 is 2.50 bits per heavy atom. The summed E-state index contributed by atoms with van der Waals surface area (Å²) >= 11 is 7.05. The van der Waals surface area contributed by atoms with Gasteiger partial charge in [-0.3, -0.25) is 0 Å². The Hall–Kier alpha value is -1.15. The predicted molar refractivity (Wildman–Crippen MR) is 92.4 cm³/mol. The van der Waals surface area contributed by atoms with Crippen LogP contribution in [0.25, 0.3) is 0 Å². The Bertz CT molecular complexity index is 822. The van der Waals surface area contributed by atoms with Gasteiger partial charge in [-0.15, -0.1) is 0 Å². The van der Waals surface area contributed by atoms with Gasteiger partial charge in [0.05, 0.1) is 5.02 Å². The highest BCUT2D eigenvalue weighted by Gasteiger charge is 2.26. The van der Waals surface area contributed by atoms with Gasteiger partial charge in [-0.1, -0.05) is 29.8 Å². The molecule has 0 N–H and O–H groups in total. The molecule has 0 amide bonds. The van der Waals surface area contributed by atoms with Crippen LogP contribution in [0, 0.1) is 5.82 Å². The summed E-state index contributed by atoms with van der Waals surface area (Å²) in [7, 11) is -3.47. The molecule has 0 unspecified atom stereocenters. The Morgan fingerprint density at radius 1 is 1.12 bits per heavy atom. The molecule has 4 nitrogen and oxygen atoms in total. The van der Waals surface area contributed by atoms with E-state index in [1.165, 1.54) is 34.4 Å². The van der Waals surface area contributed by atoms with Crippen molar-refractivity contribution in [2.24, 2.45) is 0 Å². The van der Waals surface area contributed by atoms with E-state index in [4.69, 9.17) is 11.6 Å². The maximum absolute atomic E-state index is 13.2. The molecule has 1 fully saturated rings. The standard InChI is InChI=1S/C16H16ClFN2O2S2/c17-14-10-12(4-6-15(14)18)23-16-7-5-13(11-19-16)24(21,22)20-8-2-1-3-9-20/h4-7,10-11H,1-3,8-9H2. The summed E-state index contributed by atoms with van der Waals surface area (Å²) in [6, 6.07) is 7.62. The minimum absolute atomic E-state index is 0.0456. The van der Waals surface area contributed by atoms with Gasteiger partial charge in [0.1, 0.15) is 15.7 Å². The van der Waals surface area contributed by atoms with Crippen LogP contribution in [0.2, 0.25) is 5.02 Å². The van der Waals surface area contributed by atoms with Crippen LogP contribution in [0.15, 0.2) is 51.3 Å². The molecular formula is C16H16ClFN2O2S2. The first-order valence-electron chi connectivity index (χ1n) is 7.56. The number of sulfonamides is 1. The van der Waals surface area contributed by atoms with Crippen molar-refractivity contribution in [2.75, 3.05) is 13.1 Å². The summed E-state index contributed by atoms with van der Waals surface area (Å²) in [6.07, 6.45) is 4.23. The van der Waals surface area contributed by atoms with Gasteiger partial charge in [0.25, 0.3) is 0 Å². The number of piperidine rings is 1. The highest BCUT2D eigenvalue weighted by molar-refractivity contribution is 7.99. The van der Waals surface area contributed by atoms with Crippen molar-refractivity contribution in [1.29, 1.82) is 0 Å². The molecule has 2 heterocycles. The molecule has 1 saturated heterocycles. The second-order valence-electron chi connectivity index (χ2n) is 5.47. The first-order valence-corrected chi connectivity index (χ1v) is 10.2. The van der Waals surface area contributed by atoms with Crippen molar-refractivity contribution in [2.45, 2.75) is 34.1 Å². The van der Waals surface area contributed by atoms with E-state index in [2.05, 4.69) is 4.98 Å². The quantitative estimate of drug-likeness (QED) is 0.790. The van der Waals surface area contributed by atoms with Gasteiger partial charge < -0.3 is 0 Å². The fraction of sp³-hybridized carbons (Fsp3) is 0.312. The van der Waals surface area contributed by atoms with E-state index in [-0.39, 0.29) is 9.92 Å². The van der Waals surface area contributed by atoms with E-state index >= 15 is 0 Å². The van der Waals surface area contributed by atoms with Crippen LogP contribution in [-0.4, -0.2) is 30.8 Å². The summed E-state index contributed by atoms with van der Waals surface area (Å²) < 4.78 is 39.8. The normalized spacial score (nSPS) is 16.2. The first kappa shape index (κ1) is 17.7. The van der Waals surface area contributed by atoms with Crippen molar-refractivity contribution in [3.05, 3.63) is 47.4 Å². The lowest BCUT2D eigenvalue weighted by molar-refractivity contribution is 0.346. The SMILES string of the molecule is O=S(=O)(c1ccc(Sc2ccc(F)c(Cl)c2)nc1)N1CCCCC1. The summed E-state index contributed by atoms with van der Waals surface area (Å²) in [4.78, 5) is 5.14. The van der Waals surface area contributed by atoms with Crippen LogP contribution >= 0.6 is 23.4 Å². The zero-order valence-electron chi connectivity index (χ0n) is 12.8. The van der Waals surface area contributed by atoms with Crippen molar-refractivity contribution in [1.82, 2.24) is 9.29 Å². The lowest BCUT2D eigenvalue weighted by Crippen LogP contribution is -2.35. The molecule has 1 aliphatic rings. The average Bonchev–Trinajstić information content (AvgIpc) is 2.59. The van der Waals surface area contributed by atoms with Gasteiger partial charge in [-0.2, -0.15) is 4.31 Å². The van der Waals surface area contributed by atoms with E-state index < -0.39 is 15.8 Å². The Labute approximate surface area is 150 Å². The molecule has 3 rings (SSSR count). The van der Waals surface area contributed by atoms with Crippen LogP contribution in [0.1, 0.15) is 19.3 Å². The van der Waals surface area contributed by atoms with E-state index in [1.54, 1.807) is 18.2 Å². The van der Waals surface area contributed by atoms with Crippen molar-refractivity contribution in [3.63, 3.8) is 0 Å². The maximum atomic E-state index is 13.2. The van der Waals surface area contributed by atoms with E-state index in [0.717, 1.165) is 24.2 Å². The van der Waals surface area contributed by atoms with Crippen molar-refractivity contribution in [3.8, 4) is 0 Å². The number of pyridine rings is 1. The molecule has 0 bridgehead atoms.